The van der Waals surface area contributed by atoms with Gasteiger partial charge in [0.2, 0.25) is 0 Å². The van der Waals surface area contributed by atoms with Crippen LogP contribution in [0.5, 0.6) is 17.2 Å². The van der Waals surface area contributed by atoms with Gasteiger partial charge < -0.3 is 19.3 Å². The summed E-state index contributed by atoms with van der Waals surface area (Å²) in [5, 5.41) is 9.19. The second-order valence-corrected chi connectivity index (χ2v) is 7.27. The van der Waals surface area contributed by atoms with E-state index in [2.05, 4.69) is 0 Å². The monoisotopic (exact) mass is 379 g/mol. The number of anilines is 1. The molecule has 0 spiro atoms. The minimum absolute atomic E-state index is 0.0918. The molecule has 1 heterocycles. The summed E-state index contributed by atoms with van der Waals surface area (Å²) >= 11 is 0. The molecule has 1 aliphatic rings. The van der Waals surface area contributed by atoms with E-state index in [1.165, 1.54) is 37.4 Å². The minimum Gasteiger partial charge on any atom is -0.497 e. The van der Waals surface area contributed by atoms with Crippen LogP contribution in [0.15, 0.2) is 47.4 Å². The van der Waals surface area contributed by atoms with E-state index in [0.717, 1.165) is 4.31 Å². The van der Waals surface area contributed by atoms with E-state index in [0.29, 0.717) is 30.5 Å². The lowest BCUT2D eigenvalue weighted by Gasteiger charge is -2.24. The van der Waals surface area contributed by atoms with Crippen molar-refractivity contribution in [2.45, 2.75) is 4.90 Å². The van der Waals surface area contributed by atoms with Crippen LogP contribution in [0, 0.1) is 0 Å². The molecule has 0 fully saturated rings. The van der Waals surface area contributed by atoms with Crippen molar-refractivity contribution in [1.82, 2.24) is 0 Å². The van der Waals surface area contributed by atoms with E-state index in [-0.39, 0.29) is 10.6 Å². The maximum atomic E-state index is 13.1. The Morgan fingerprint density at radius 1 is 1.15 bits per heavy atom. The standard InChI is InChI=1S/C17H17NO7S/c1-23-13-4-2-3-12(9-13)18(11-17(19)20)26(21,22)14-5-6-15-16(10-14)25-8-7-24-15/h2-6,9-10H,7-8,11H2,1H3,(H,19,20). The Bertz CT molecular complexity index is 926. The molecule has 0 atom stereocenters. The molecule has 138 valence electrons. The Balaban J connectivity index is 2.05. The highest BCUT2D eigenvalue weighted by atomic mass is 32.2. The summed E-state index contributed by atoms with van der Waals surface area (Å²) in [5.41, 5.74) is 0.182. The summed E-state index contributed by atoms with van der Waals surface area (Å²) in [6.07, 6.45) is 0. The third-order valence-electron chi connectivity index (χ3n) is 3.72. The molecule has 26 heavy (non-hydrogen) atoms. The summed E-state index contributed by atoms with van der Waals surface area (Å²) in [6, 6.07) is 10.4. The van der Waals surface area contributed by atoms with Crippen LogP contribution in [0.1, 0.15) is 0 Å². The van der Waals surface area contributed by atoms with Gasteiger partial charge in [-0.15, -0.1) is 0 Å². The molecular weight excluding hydrogens is 362 g/mol. The summed E-state index contributed by atoms with van der Waals surface area (Å²) in [4.78, 5) is 11.2. The molecule has 8 nitrogen and oxygen atoms in total. The second kappa shape index (κ2) is 7.12. The topological polar surface area (TPSA) is 102 Å². The molecule has 9 heteroatoms. The van der Waals surface area contributed by atoms with Gasteiger partial charge in [-0.3, -0.25) is 9.10 Å². The van der Waals surface area contributed by atoms with Gasteiger partial charge in [0.25, 0.3) is 10.0 Å². The first-order chi connectivity index (χ1) is 12.4. The fraction of sp³-hybridized carbons (Fsp3) is 0.235. The molecule has 2 aromatic carbocycles. The van der Waals surface area contributed by atoms with Gasteiger partial charge in [0.15, 0.2) is 11.5 Å². The van der Waals surface area contributed by atoms with E-state index in [9.17, 15) is 18.3 Å². The molecule has 2 aromatic rings. The molecule has 0 unspecified atom stereocenters. The Morgan fingerprint density at radius 2 is 1.88 bits per heavy atom. The summed E-state index contributed by atoms with van der Waals surface area (Å²) in [7, 11) is -2.71. The zero-order chi connectivity index (χ0) is 18.7. The SMILES string of the molecule is COc1cccc(N(CC(=O)O)S(=O)(=O)c2ccc3c(c2)OCCO3)c1. The molecule has 0 amide bonds. The third-order valence-corrected chi connectivity index (χ3v) is 5.49. The number of ether oxygens (including phenoxy) is 3. The number of hydrogen-bond donors (Lipinski definition) is 1. The van der Waals surface area contributed by atoms with Crippen molar-refractivity contribution < 1.29 is 32.5 Å². The van der Waals surface area contributed by atoms with Crippen molar-refractivity contribution in [3.8, 4) is 17.2 Å². The average molecular weight is 379 g/mol. The van der Waals surface area contributed by atoms with Gasteiger partial charge in [0.1, 0.15) is 25.5 Å². The van der Waals surface area contributed by atoms with E-state index < -0.39 is 22.5 Å². The van der Waals surface area contributed by atoms with E-state index in [4.69, 9.17) is 14.2 Å². The van der Waals surface area contributed by atoms with Crippen LogP contribution in [-0.2, 0) is 14.8 Å². The van der Waals surface area contributed by atoms with Crippen molar-refractivity contribution in [2.24, 2.45) is 0 Å². The normalized spacial score (nSPS) is 13.1. The Morgan fingerprint density at radius 3 is 2.58 bits per heavy atom. The first-order valence-corrected chi connectivity index (χ1v) is 9.14. The summed E-state index contributed by atoms with van der Waals surface area (Å²) < 4.78 is 42.9. The van der Waals surface area contributed by atoms with Crippen LogP contribution in [0.3, 0.4) is 0 Å². The van der Waals surface area contributed by atoms with Gasteiger partial charge >= 0.3 is 5.97 Å². The molecular formula is C17H17NO7S. The third kappa shape index (κ3) is 3.52. The van der Waals surface area contributed by atoms with Gasteiger partial charge in [-0.05, 0) is 24.3 Å². The number of fused-ring (bicyclic) bond motifs is 1. The zero-order valence-electron chi connectivity index (χ0n) is 13.9. The van der Waals surface area contributed by atoms with Gasteiger partial charge in [0.05, 0.1) is 17.7 Å². The van der Waals surface area contributed by atoms with Gasteiger partial charge in [0, 0.05) is 12.1 Å². The minimum atomic E-state index is -4.15. The summed E-state index contributed by atoms with van der Waals surface area (Å²) in [6.45, 7) is -0.0385. The highest BCUT2D eigenvalue weighted by molar-refractivity contribution is 7.92. The molecule has 1 N–H and O–H groups in total. The lowest BCUT2D eigenvalue weighted by Crippen LogP contribution is -2.35. The lowest BCUT2D eigenvalue weighted by molar-refractivity contribution is -0.135. The zero-order valence-corrected chi connectivity index (χ0v) is 14.7. The molecule has 0 radical (unpaired) electrons. The van der Waals surface area contributed by atoms with Gasteiger partial charge in [-0.1, -0.05) is 6.07 Å². The number of rotatable bonds is 6. The molecule has 0 bridgehead atoms. The number of carboxylic acid groups (broad SMARTS) is 1. The molecule has 1 aliphatic heterocycles. The number of aliphatic carboxylic acids is 1. The fourth-order valence-electron chi connectivity index (χ4n) is 2.51. The Hall–Kier alpha value is -2.94. The number of methoxy groups -OCH3 is 1. The molecule has 0 saturated carbocycles. The molecule has 0 saturated heterocycles. The highest BCUT2D eigenvalue weighted by Gasteiger charge is 2.29. The van der Waals surface area contributed by atoms with Crippen LogP contribution < -0.4 is 18.5 Å². The lowest BCUT2D eigenvalue weighted by atomic mass is 10.3. The van der Waals surface area contributed by atoms with Gasteiger partial charge in [-0.2, -0.15) is 0 Å². The van der Waals surface area contributed by atoms with E-state index >= 15 is 0 Å². The number of carboxylic acids is 1. The molecule has 0 aromatic heterocycles. The summed E-state index contributed by atoms with van der Waals surface area (Å²) in [5.74, 6) is -0.121. The van der Waals surface area contributed by atoms with Crippen molar-refractivity contribution in [3.05, 3.63) is 42.5 Å². The van der Waals surface area contributed by atoms with Crippen molar-refractivity contribution in [1.29, 1.82) is 0 Å². The van der Waals surface area contributed by atoms with Crippen LogP contribution in [0.4, 0.5) is 5.69 Å². The number of hydrogen-bond acceptors (Lipinski definition) is 6. The first-order valence-electron chi connectivity index (χ1n) is 7.70. The number of sulfonamides is 1. The smallest absolute Gasteiger partial charge is 0.324 e. The quantitative estimate of drug-likeness (QED) is 0.816. The van der Waals surface area contributed by atoms with E-state index in [1.54, 1.807) is 12.1 Å². The van der Waals surface area contributed by atoms with Crippen LogP contribution in [0.2, 0.25) is 0 Å². The van der Waals surface area contributed by atoms with Crippen LogP contribution in [-0.4, -0.2) is 46.4 Å². The Kier molecular flexibility index (Phi) is 4.90. The van der Waals surface area contributed by atoms with Crippen molar-refractivity contribution >= 4 is 21.7 Å². The largest absolute Gasteiger partial charge is 0.497 e. The van der Waals surface area contributed by atoms with Crippen LogP contribution >= 0.6 is 0 Å². The van der Waals surface area contributed by atoms with Crippen molar-refractivity contribution in [3.63, 3.8) is 0 Å². The predicted molar refractivity (Wildman–Crippen MR) is 92.6 cm³/mol. The number of benzene rings is 2. The first kappa shape index (κ1) is 17.9. The second-order valence-electron chi connectivity index (χ2n) is 5.41. The van der Waals surface area contributed by atoms with Crippen LogP contribution in [0.25, 0.3) is 0 Å². The fourth-order valence-corrected chi connectivity index (χ4v) is 3.94. The Labute approximate surface area is 150 Å². The number of carbonyl (C=O) groups is 1. The van der Waals surface area contributed by atoms with Crippen molar-refractivity contribution in [2.75, 3.05) is 31.2 Å². The predicted octanol–water partition coefficient (Wildman–Crippen LogP) is 1.75. The highest BCUT2D eigenvalue weighted by Crippen LogP contribution is 2.34. The average Bonchev–Trinajstić information content (AvgIpc) is 2.65. The maximum Gasteiger partial charge on any atom is 0.324 e. The molecule has 3 rings (SSSR count). The van der Waals surface area contributed by atoms with E-state index in [1.807, 2.05) is 0 Å². The molecule has 0 aliphatic carbocycles. The van der Waals surface area contributed by atoms with Gasteiger partial charge in [-0.25, -0.2) is 8.42 Å². The number of nitrogens with zero attached hydrogens (tertiary/aromatic N) is 1. The maximum absolute atomic E-state index is 13.1.